The van der Waals surface area contributed by atoms with Crippen molar-refractivity contribution in [3.05, 3.63) is 24.0 Å². The zero-order valence-electron chi connectivity index (χ0n) is 11.0. The van der Waals surface area contributed by atoms with E-state index in [0.717, 1.165) is 25.5 Å². The summed E-state index contributed by atoms with van der Waals surface area (Å²) in [4.78, 5) is 17.7. The minimum Gasteiger partial charge on any atom is -0.357 e. The highest BCUT2D eigenvalue weighted by atomic mass is 32.3. The van der Waals surface area contributed by atoms with Crippen molar-refractivity contribution < 1.29 is 21.3 Å². The Bertz CT molecular complexity index is 605. The van der Waals surface area contributed by atoms with E-state index in [9.17, 15) is 17.1 Å². The van der Waals surface area contributed by atoms with Crippen LogP contribution in [0.3, 0.4) is 0 Å². The lowest BCUT2D eigenvalue weighted by Crippen LogP contribution is -2.42. The van der Waals surface area contributed by atoms with Gasteiger partial charge < -0.3 is 9.08 Å². The van der Waals surface area contributed by atoms with Crippen molar-refractivity contribution in [2.75, 3.05) is 6.54 Å². The molecule has 0 radical (unpaired) electrons. The van der Waals surface area contributed by atoms with Gasteiger partial charge in [0.2, 0.25) is 0 Å². The van der Waals surface area contributed by atoms with Crippen molar-refractivity contribution >= 4 is 16.4 Å². The first-order valence-electron chi connectivity index (χ1n) is 6.27. The largest absolute Gasteiger partial charge is 0.488 e. The molecule has 1 aliphatic rings. The average molecular weight is 302 g/mol. The van der Waals surface area contributed by atoms with Crippen molar-refractivity contribution in [1.82, 2.24) is 9.88 Å². The number of halogens is 1. The molecule has 1 atom stereocenters. The fraction of sp³-hybridized carbons (Fsp3) is 0.500. The predicted octanol–water partition coefficient (Wildman–Crippen LogP) is 1.69. The van der Waals surface area contributed by atoms with E-state index in [1.807, 2.05) is 6.92 Å². The number of amides is 1. The summed E-state index contributed by atoms with van der Waals surface area (Å²) in [6.45, 7) is 2.60. The molecule has 1 amide bonds. The number of hydrogen-bond acceptors (Lipinski definition) is 5. The van der Waals surface area contributed by atoms with Crippen molar-refractivity contribution in [2.24, 2.45) is 0 Å². The lowest BCUT2D eigenvalue weighted by atomic mass is 10.0. The molecule has 2 rings (SSSR count). The highest BCUT2D eigenvalue weighted by Gasteiger charge is 2.25. The van der Waals surface area contributed by atoms with Gasteiger partial charge in [0.15, 0.2) is 5.75 Å². The van der Waals surface area contributed by atoms with E-state index in [1.165, 1.54) is 12.3 Å². The molecule has 0 saturated carbocycles. The Morgan fingerprint density at radius 2 is 2.20 bits per heavy atom. The Kier molecular flexibility index (Phi) is 4.22. The van der Waals surface area contributed by atoms with Gasteiger partial charge in [0.1, 0.15) is 0 Å². The molecule has 1 unspecified atom stereocenters. The topological polar surface area (TPSA) is 76.6 Å². The quantitative estimate of drug-likeness (QED) is 0.794. The number of likely N-dealkylation sites (tertiary alicyclic amines) is 1. The molecule has 0 spiro atoms. The Balaban J connectivity index is 2.20. The van der Waals surface area contributed by atoms with Gasteiger partial charge in [-0.3, -0.25) is 9.78 Å². The van der Waals surface area contributed by atoms with Gasteiger partial charge in [-0.05, 0) is 32.3 Å². The zero-order chi connectivity index (χ0) is 14.8. The Morgan fingerprint density at radius 1 is 1.45 bits per heavy atom. The van der Waals surface area contributed by atoms with E-state index in [0.29, 0.717) is 6.54 Å². The third kappa shape index (κ3) is 3.66. The number of carbonyl (C=O) groups is 1. The van der Waals surface area contributed by atoms with Crippen molar-refractivity contribution in [1.29, 1.82) is 0 Å². The third-order valence-electron chi connectivity index (χ3n) is 3.22. The molecule has 20 heavy (non-hydrogen) atoms. The fourth-order valence-electron chi connectivity index (χ4n) is 2.26. The molecule has 1 fully saturated rings. The number of rotatable bonds is 3. The molecule has 0 aliphatic carbocycles. The van der Waals surface area contributed by atoms with Crippen molar-refractivity contribution in [2.45, 2.75) is 32.2 Å². The van der Waals surface area contributed by atoms with Gasteiger partial charge in [0.05, 0.1) is 11.8 Å². The molecule has 2 heterocycles. The molecule has 8 heteroatoms. The second-order valence-electron chi connectivity index (χ2n) is 4.73. The highest BCUT2D eigenvalue weighted by Crippen LogP contribution is 2.21. The van der Waals surface area contributed by atoms with E-state index < -0.39 is 10.5 Å². The zero-order valence-corrected chi connectivity index (χ0v) is 11.8. The predicted molar refractivity (Wildman–Crippen MR) is 69.2 cm³/mol. The van der Waals surface area contributed by atoms with Crippen LogP contribution in [0.15, 0.2) is 18.5 Å². The third-order valence-corrected chi connectivity index (χ3v) is 3.61. The maximum Gasteiger partial charge on any atom is 0.488 e. The van der Waals surface area contributed by atoms with E-state index >= 15 is 0 Å². The summed E-state index contributed by atoms with van der Waals surface area (Å²) in [6.07, 6.45) is 5.27. The second kappa shape index (κ2) is 5.74. The molecule has 1 aromatic rings. The summed E-state index contributed by atoms with van der Waals surface area (Å²) in [5.74, 6) is -0.575. The minimum absolute atomic E-state index is 0.116. The molecular weight excluding hydrogens is 287 g/mol. The van der Waals surface area contributed by atoms with E-state index in [1.54, 1.807) is 4.90 Å². The summed E-state index contributed by atoms with van der Waals surface area (Å²) in [5.41, 5.74) is 0.180. The highest BCUT2D eigenvalue weighted by molar-refractivity contribution is 7.81. The van der Waals surface area contributed by atoms with Gasteiger partial charge in [0, 0.05) is 18.8 Å². The Morgan fingerprint density at radius 3 is 2.85 bits per heavy atom. The maximum atomic E-state index is 12.5. The van der Waals surface area contributed by atoms with Crippen LogP contribution in [0, 0.1) is 0 Å². The summed E-state index contributed by atoms with van der Waals surface area (Å²) >= 11 is 0. The van der Waals surface area contributed by atoms with E-state index in [4.69, 9.17) is 0 Å². The Hall–Kier alpha value is -1.70. The molecule has 6 nitrogen and oxygen atoms in total. The van der Waals surface area contributed by atoms with Gasteiger partial charge in [-0.25, -0.2) is 0 Å². The smallest absolute Gasteiger partial charge is 0.357 e. The number of hydrogen-bond donors (Lipinski definition) is 0. The van der Waals surface area contributed by atoms with Crippen LogP contribution in [0.2, 0.25) is 0 Å². The van der Waals surface area contributed by atoms with Gasteiger partial charge in [-0.2, -0.15) is 8.42 Å². The van der Waals surface area contributed by atoms with Crippen molar-refractivity contribution in [3.8, 4) is 5.75 Å². The first-order chi connectivity index (χ1) is 9.37. The minimum atomic E-state index is -5.12. The molecule has 0 aromatic carbocycles. The van der Waals surface area contributed by atoms with Gasteiger partial charge in [0.25, 0.3) is 5.91 Å². The first kappa shape index (κ1) is 14.7. The van der Waals surface area contributed by atoms with Gasteiger partial charge >= 0.3 is 10.5 Å². The molecule has 110 valence electrons. The monoisotopic (exact) mass is 302 g/mol. The fourth-order valence-corrected chi connectivity index (χ4v) is 2.58. The normalized spacial score (nSPS) is 19.7. The van der Waals surface area contributed by atoms with Crippen molar-refractivity contribution in [3.63, 3.8) is 0 Å². The van der Waals surface area contributed by atoms with Crippen LogP contribution in [0.4, 0.5) is 3.89 Å². The second-order valence-corrected chi connectivity index (χ2v) is 5.68. The standard InChI is InChI=1S/C12H15FN2O4S/c1-9-4-2-3-5-15(9)12(16)10-6-11(8-14-7-10)19-20(13,17)18/h6-9H,2-5H2,1H3. The molecule has 0 bridgehead atoms. The number of piperidine rings is 1. The van der Waals surface area contributed by atoms with E-state index in [2.05, 4.69) is 9.17 Å². The molecule has 1 saturated heterocycles. The summed E-state index contributed by atoms with van der Waals surface area (Å²) in [7, 11) is -5.12. The first-order valence-corrected chi connectivity index (χ1v) is 7.58. The summed E-state index contributed by atoms with van der Waals surface area (Å²) in [6, 6.07) is 1.29. The average Bonchev–Trinajstić information content (AvgIpc) is 2.37. The molecule has 1 aromatic heterocycles. The van der Waals surface area contributed by atoms with E-state index in [-0.39, 0.29) is 23.3 Å². The number of nitrogens with zero attached hydrogens (tertiary/aromatic N) is 2. The van der Waals surface area contributed by atoms with Crippen LogP contribution < -0.4 is 4.18 Å². The van der Waals surface area contributed by atoms with Gasteiger partial charge in [-0.15, -0.1) is 0 Å². The van der Waals surface area contributed by atoms with Crippen LogP contribution in [0.25, 0.3) is 0 Å². The molecular formula is C12H15FN2O4S. The van der Waals surface area contributed by atoms with Gasteiger partial charge in [-0.1, -0.05) is 3.89 Å². The Labute approximate surface area is 117 Å². The summed E-state index contributed by atoms with van der Waals surface area (Å²) < 4.78 is 37.4. The lowest BCUT2D eigenvalue weighted by Gasteiger charge is -2.33. The van der Waals surface area contributed by atoms with Crippen LogP contribution in [-0.2, 0) is 10.5 Å². The van der Waals surface area contributed by atoms with Crippen LogP contribution in [-0.4, -0.2) is 36.8 Å². The molecule has 1 aliphatic heterocycles. The number of aromatic nitrogens is 1. The van der Waals surface area contributed by atoms with Crippen LogP contribution in [0.1, 0.15) is 36.5 Å². The lowest BCUT2D eigenvalue weighted by molar-refractivity contribution is 0.0635. The maximum absolute atomic E-state index is 12.5. The van der Waals surface area contributed by atoms with Crippen LogP contribution >= 0.6 is 0 Å². The number of pyridine rings is 1. The number of carbonyl (C=O) groups excluding carboxylic acids is 1. The summed E-state index contributed by atoms with van der Waals surface area (Å²) in [5, 5.41) is 0. The SMILES string of the molecule is CC1CCCCN1C(=O)c1cncc(OS(=O)(=O)F)c1. The van der Waals surface area contributed by atoms with Crippen LogP contribution in [0.5, 0.6) is 5.75 Å². The molecule has 0 N–H and O–H groups in total.